The number of nitrogens with zero attached hydrogens (tertiary/aromatic N) is 2. The van der Waals surface area contributed by atoms with E-state index in [1.54, 1.807) is 36.4 Å². The molecule has 1 aliphatic heterocycles. The molecule has 142 valence electrons. The number of para-hydroxylation sites is 1. The molecule has 0 unspecified atom stereocenters. The molecule has 1 aliphatic rings. The minimum atomic E-state index is -0.559. The number of carbonyl (C=O) groups excluding carboxylic acids is 2. The van der Waals surface area contributed by atoms with Gasteiger partial charge in [-0.25, -0.2) is 5.01 Å². The first-order chi connectivity index (χ1) is 13.5. The van der Waals surface area contributed by atoms with Crippen molar-refractivity contribution in [2.75, 3.05) is 18.7 Å². The lowest BCUT2D eigenvalue weighted by Crippen LogP contribution is -2.35. The second kappa shape index (κ2) is 8.03. The molecule has 1 fully saturated rings. The zero-order valence-corrected chi connectivity index (χ0v) is 15.9. The topological polar surface area (TPSA) is 91.7 Å². The van der Waals surface area contributed by atoms with Gasteiger partial charge in [-0.05, 0) is 36.8 Å². The number of nitriles is 1. The molecule has 3 rings (SSSR count). The molecule has 0 saturated carbocycles. The number of anilines is 1. The van der Waals surface area contributed by atoms with Crippen LogP contribution in [0, 0.1) is 18.3 Å². The van der Waals surface area contributed by atoms with Crippen LogP contribution in [0.25, 0.3) is 6.08 Å². The number of hydrogen-bond donors (Lipinski definition) is 1. The molecule has 8 heteroatoms. The van der Waals surface area contributed by atoms with Crippen LogP contribution in [-0.2, 0) is 9.59 Å². The predicted octanol–water partition coefficient (Wildman–Crippen LogP) is 3.02. The quantitative estimate of drug-likeness (QED) is 0.618. The van der Waals surface area contributed by atoms with Gasteiger partial charge >= 0.3 is 0 Å². The van der Waals surface area contributed by atoms with E-state index in [1.165, 1.54) is 13.2 Å². The van der Waals surface area contributed by atoms with E-state index < -0.39 is 11.8 Å². The Balaban J connectivity index is 1.99. The first-order valence-corrected chi connectivity index (χ1v) is 8.64. The number of rotatable bonds is 5. The molecule has 28 heavy (non-hydrogen) atoms. The van der Waals surface area contributed by atoms with Crippen LogP contribution in [0.15, 0.2) is 42.0 Å². The molecule has 2 aromatic carbocycles. The SMILES string of the molecule is COc1cccc(C=C2C(=O)NN(c3ccc(C)c(Cl)c3)C2=O)c1OCC#N. The summed E-state index contributed by atoms with van der Waals surface area (Å²) in [5, 5.41) is 10.4. The van der Waals surface area contributed by atoms with E-state index in [2.05, 4.69) is 5.43 Å². The normalized spacial score (nSPS) is 14.8. The van der Waals surface area contributed by atoms with E-state index in [0.29, 0.717) is 22.0 Å². The molecule has 0 radical (unpaired) electrons. The highest BCUT2D eigenvalue weighted by molar-refractivity contribution is 6.33. The highest BCUT2D eigenvalue weighted by atomic mass is 35.5. The summed E-state index contributed by atoms with van der Waals surface area (Å²) in [7, 11) is 1.46. The number of amides is 2. The van der Waals surface area contributed by atoms with Crippen LogP contribution in [0.2, 0.25) is 5.02 Å². The van der Waals surface area contributed by atoms with Gasteiger partial charge in [0.2, 0.25) is 0 Å². The largest absolute Gasteiger partial charge is 0.493 e. The number of aryl methyl sites for hydroxylation is 1. The average Bonchev–Trinajstić information content (AvgIpc) is 2.97. The Hall–Kier alpha value is -3.50. The van der Waals surface area contributed by atoms with Gasteiger partial charge in [-0.3, -0.25) is 15.0 Å². The van der Waals surface area contributed by atoms with Gasteiger partial charge in [0.05, 0.1) is 12.8 Å². The number of carbonyl (C=O) groups is 2. The van der Waals surface area contributed by atoms with Crippen LogP contribution in [0.4, 0.5) is 5.69 Å². The monoisotopic (exact) mass is 397 g/mol. The van der Waals surface area contributed by atoms with Crippen LogP contribution >= 0.6 is 11.6 Å². The number of ether oxygens (including phenoxy) is 2. The number of halogens is 1. The van der Waals surface area contributed by atoms with Crippen molar-refractivity contribution < 1.29 is 19.1 Å². The summed E-state index contributed by atoms with van der Waals surface area (Å²) in [4.78, 5) is 25.2. The Morgan fingerprint density at radius 2 is 2.07 bits per heavy atom. The maximum absolute atomic E-state index is 12.8. The van der Waals surface area contributed by atoms with Crippen molar-refractivity contribution in [3.05, 3.63) is 58.1 Å². The maximum Gasteiger partial charge on any atom is 0.282 e. The van der Waals surface area contributed by atoms with Gasteiger partial charge in [0.15, 0.2) is 18.1 Å². The van der Waals surface area contributed by atoms with Crippen LogP contribution in [0.3, 0.4) is 0 Å². The lowest BCUT2D eigenvalue weighted by atomic mass is 10.1. The molecule has 1 heterocycles. The molecular formula is C20H16ClN3O4. The van der Waals surface area contributed by atoms with E-state index in [-0.39, 0.29) is 17.9 Å². The number of methoxy groups -OCH3 is 1. The average molecular weight is 398 g/mol. The Morgan fingerprint density at radius 3 is 2.75 bits per heavy atom. The van der Waals surface area contributed by atoms with Crippen LogP contribution in [0.5, 0.6) is 11.5 Å². The van der Waals surface area contributed by atoms with E-state index in [1.807, 2.05) is 13.0 Å². The minimum Gasteiger partial charge on any atom is -0.493 e. The third-order valence-electron chi connectivity index (χ3n) is 4.12. The van der Waals surface area contributed by atoms with E-state index in [4.69, 9.17) is 26.3 Å². The van der Waals surface area contributed by atoms with Gasteiger partial charge < -0.3 is 9.47 Å². The fraction of sp³-hybridized carbons (Fsp3) is 0.150. The predicted molar refractivity (Wildman–Crippen MR) is 104 cm³/mol. The molecule has 0 spiro atoms. The Labute approximate surface area is 166 Å². The van der Waals surface area contributed by atoms with E-state index in [0.717, 1.165) is 10.6 Å². The van der Waals surface area contributed by atoms with Crippen molar-refractivity contribution >= 4 is 35.2 Å². The van der Waals surface area contributed by atoms with E-state index >= 15 is 0 Å². The molecule has 0 bridgehead atoms. The molecular weight excluding hydrogens is 382 g/mol. The Kier molecular flexibility index (Phi) is 5.52. The zero-order chi connectivity index (χ0) is 20.3. The smallest absolute Gasteiger partial charge is 0.282 e. The number of benzene rings is 2. The lowest BCUT2D eigenvalue weighted by Gasteiger charge is -2.15. The summed E-state index contributed by atoms with van der Waals surface area (Å²) in [6, 6.07) is 11.9. The van der Waals surface area contributed by atoms with Gasteiger partial charge in [0.25, 0.3) is 11.8 Å². The summed E-state index contributed by atoms with van der Waals surface area (Å²) in [5.74, 6) is -0.427. The third kappa shape index (κ3) is 3.63. The highest BCUT2D eigenvalue weighted by Gasteiger charge is 2.35. The van der Waals surface area contributed by atoms with Crippen LogP contribution in [0.1, 0.15) is 11.1 Å². The summed E-state index contributed by atoms with van der Waals surface area (Å²) in [5.41, 5.74) is 4.19. The maximum atomic E-state index is 12.8. The second-order valence-electron chi connectivity index (χ2n) is 5.90. The summed E-state index contributed by atoms with van der Waals surface area (Å²) < 4.78 is 10.7. The zero-order valence-electron chi connectivity index (χ0n) is 15.2. The van der Waals surface area contributed by atoms with Crippen LogP contribution < -0.4 is 19.9 Å². The highest BCUT2D eigenvalue weighted by Crippen LogP contribution is 2.34. The van der Waals surface area contributed by atoms with E-state index in [9.17, 15) is 9.59 Å². The lowest BCUT2D eigenvalue weighted by molar-refractivity contribution is -0.117. The molecule has 0 aliphatic carbocycles. The molecule has 1 N–H and O–H groups in total. The Bertz CT molecular complexity index is 1030. The van der Waals surface area contributed by atoms with Crippen molar-refractivity contribution in [1.29, 1.82) is 5.26 Å². The number of hydrogen-bond acceptors (Lipinski definition) is 5. The first-order valence-electron chi connectivity index (χ1n) is 8.26. The van der Waals surface area contributed by atoms with Gasteiger partial charge in [-0.15, -0.1) is 0 Å². The molecule has 2 amide bonds. The van der Waals surface area contributed by atoms with Gasteiger partial charge in [-0.2, -0.15) is 5.26 Å². The summed E-state index contributed by atoms with van der Waals surface area (Å²) >= 11 is 6.12. The number of nitrogens with one attached hydrogen (secondary N) is 1. The molecule has 7 nitrogen and oxygen atoms in total. The van der Waals surface area contributed by atoms with Crippen LogP contribution in [-0.4, -0.2) is 25.5 Å². The summed E-state index contributed by atoms with van der Waals surface area (Å²) in [6.07, 6.45) is 1.41. The minimum absolute atomic E-state index is 0.0771. The van der Waals surface area contributed by atoms with Gasteiger partial charge in [0.1, 0.15) is 11.6 Å². The fourth-order valence-corrected chi connectivity index (χ4v) is 2.86. The molecule has 2 aromatic rings. The first kappa shape index (κ1) is 19.3. The molecule has 0 aromatic heterocycles. The van der Waals surface area contributed by atoms with Crippen molar-refractivity contribution in [2.45, 2.75) is 6.92 Å². The van der Waals surface area contributed by atoms with Gasteiger partial charge in [0, 0.05) is 10.6 Å². The number of hydrazine groups is 1. The Morgan fingerprint density at radius 1 is 1.29 bits per heavy atom. The third-order valence-corrected chi connectivity index (χ3v) is 4.52. The fourth-order valence-electron chi connectivity index (χ4n) is 2.68. The standard InChI is InChI=1S/C20H16ClN3O4/c1-12-6-7-14(11-16(12)21)24-20(26)15(19(25)23-24)10-13-4-3-5-17(27-2)18(13)28-9-8-22/h3-7,10-11H,9H2,1-2H3,(H,23,25). The van der Waals surface area contributed by atoms with Crippen molar-refractivity contribution in [1.82, 2.24) is 5.43 Å². The molecule has 0 atom stereocenters. The van der Waals surface area contributed by atoms with Crippen molar-refractivity contribution in [2.24, 2.45) is 0 Å². The van der Waals surface area contributed by atoms with Crippen molar-refractivity contribution in [3.8, 4) is 17.6 Å². The molecule has 1 saturated heterocycles. The summed E-state index contributed by atoms with van der Waals surface area (Å²) in [6.45, 7) is 1.64. The van der Waals surface area contributed by atoms with Gasteiger partial charge in [-0.1, -0.05) is 29.8 Å². The van der Waals surface area contributed by atoms with Crippen molar-refractivity contribution in [3.63, 3.8) is 0 Å². The second-order valence-corrected chi connectivity index (χ2v) is 6.31.